The van der Waals surface area contributed by atoms with E-state index in [-0.39, 0.29) is 28.4 Å². The number of nitrogens with zero attached hydrogens (tertiary/aromatic N) is 4. The largest absolute Gasteiger partial charge is 0.416 e. The third-order valence-corrected chi connectivity index (χ3v) is 5.65. The minimum Gasteiger partial charge on any atom is -0.344 e. The minimum atomic E-state index is -5.09. The maximum Gasteiger partial charge on any atom is 0.416 e. The Bertz CT molecular complexity index is 1220. The van der Waals surface area contributed by atoms with E-state index in [1.807, 2.05) is 0 Å². The highest BCUT2D eigenvalue weighted by Crippen LogP contribution is 2.36. The smallest absolute Gasteiger partial charge is 0.344 e. The monoisotopic (exact) mass is 517 g/mol. The maximum absolute atomic E-state index is 13.1. The van der Waals surface area contributed by atoms with Crippen molar-refractivity contribution in [1.29, 1.82) is 0 Å². The van der Waals surface area contributed by atoms with Gasteiger partial charge in [-0.25, -0.2) is 4.98 Å². The van der Waals surface area contributed by atoms with Crippen LogP contribution in [0.4, 0.5) is 26.3 Å². The zero-order valence-corrected chi connectivity index (χ0v) is 19.1. The van der Waals surface area contributed by atoms with Gasteiger partial charge in [-0.3, -0.25) is 19.6 Å². The first-order valence-electron chi connectivity index (χ1n) is 9.77. The van der Waals surface area contributed by atoms with E-state index in [0.29, 0.717) is 17.0 Å². The van der Waals surface area contributed by atoms with Gasteiger partial charge in [0.1, 0.15) is 15.6 Å². The molecule has 3 rings (SSSR count). The number of aromatic nitrogens is 3. The SMILES string of the molecule is C[C@H](NC(=O)c1cc(C(F)(F)F)cc(C(F)(F)F)c1)c1nccnc1-c1ncc(C(=O)N(C)C)s1. The molecule has 0 unspecified atom stereocenters. The van der Waals surface area contributed by atoms with E-state index in [4.69, 9.17) is 0 Å². The fourth-order valence-electron chi connectivity index (χ4n) is 2.97. The number of rotatable bonds is 5. The zero-order valence-electron chi connectivity index (χ0n) is 18.3. The van der Waals surface area contributed by atoms with E-state index >= 15 is 0 Å². The lowest BCUT2D eigenvalue weighted by Gasteiger charge is -2.17. The summed E-state index contributed by atoms with van der Waals surface area (Å²) in [6, 6.07) is -0.355. The number of hydrogen-bond donors (Lipinski definition) is 1. The average Bonchev–Trinajstić information content (AvgIpc) is 3.27. The van der Waals surface area contributed by atoms with Crippen LogP contribution >= 0.6 is 11.3 Å². The predicted octanol–water partition coefficient (Wildman–Crippen LogP) is 4.83. The Morgan fingerprint density at radius 3 is 2.06 bits per heavy atom. The van der Waals surface area contributed by atoms with Gasteiger partial charge < -0.3 is 10.2 Å². The second-order valence-electron chi connectivity index (χ2n) is 7.51. The van der Waals surface area contributed by atoms with Crippen molar-refractivity contribution in [1.82, 2.24) is 25.2 Å². The van der Waals surface area contributed by atoms with Crippen molar-refractivity contribution in [2.75, 3.05) is 14.1 Å². The van der Waals surface area contributed by atoms with Gasteiger partial charge in [-0.2, -0.15) is 26.3 Å². The molecule has 2 aromatic heterocycles. The van der Waals surface area contributed by atoms with Gasteiger partial charge >= 0.3 is 12.4 Å². The average molecular weight is 517 g/mol. The lowest BCUT2D eigenvalue weighted by molar-refractivity contribution is -0.143. The topological polar surface area (TPSA) is 88.1 Å². The number of amides is 2. The summed E-state index contributed by atoms with van der Waals surface area (Å²) in [5, 5.41) is 2.64. The summed E-state index contributed by atoms with van der Waals surface area (Å²) in [5.74, 6) is -1.47. The van der Waals surface area contributed by atoms with Crippen molar-refractivity contribution in [2.24, 2.45) is 0 Å². The third-order valence-electron chi connectivity index (χ3n) is 4.66. The van der Waals surface area contributed by atoms with E-state index in [1.54, 1.807) is 14.1 Å². The normalized spacial score (nSPS) is 12.8. The second-order valence-corrected chi connectivity index (χ2v) is 8.54. The predicted molar refractivity (Wildman–Crippen MR) is 113 cm³/mol. The van der Waals surface area contributed by atoms with Crippen LogP contribution in [-0.4, -0.2) is 45.8 Å². The first-order chi connectivity index (χ1) is 16.2. The summed E-state index contributed by atoms with van der Waals surface area (Å²) in [7, 11) is 3.12. The first kappa shape index (κ1) is 26.1. The Morgan fingerprint density at radius 2 is 1.51 bits per heavy atom. The molecule has 0 saturated heterocycles. The second kappa shape index (κ2) is 9.60. The molecular weight excluding hydrogens is 500 g/mol. The maximum atomic E-state index is 13.1. The summed E-state index contributed by atoms with van der Waals surface area (Å²) in [6.45, 7) is 1.43. The number of benzene rings is 1. The molecule has 0 bridgehead atoms. The summed E-state index contributed by atoms with van der Waals surface area (Å²) in [6.07, 6.45) is -6.21. The Morgan fingerprint density at radius 1 is 0.943 bits per heavy atom. The molecule has 1 aromatic carbocycles. The quantitative estimate of drug-likeness (QED) is 0.490. The number of carbonyl (C=O) groups excluding carboxylic acids is 2. The highest BCUT2D eigenvalue weighted by molar-refractivity contribution is 7.16. The van der Waals surface area contributed by atoms with Crippen LogP contribution in [0.2, 0.25) is 0 Å². The molecule has 2 heterocycles. The van der Waals surface area contributed by atoms with Crippen LogP contribution in [-0.2, 0) is 12.4 Å². The zero-order chi connectivity index (χ0) is 26.1. The molecule has 1 N–H and O–H groups in total. The van der Waals surface area contributed by atoms with E-state index in [9.17, 15) is 35.9 Å². The molecule has 0 radical (unpaired) electrons. The molecule has 35 heavy (non-hydrogen) atoms. The lowest BCUT2D eigenvalue weighted by Crippen LogP contribution is -2.28. The number of carbonyl (C=O) groups is 2. The molecule has 0 saturated carbocycles. The third kappa shape index (κ3) is 5.93. The van der Waals surface area contributed by atoms with Gasteiger partial charge in [0.15, 0.2) is 0 Å². The summed E-state index contributed by atoms with van der Waals surface area (Å²) in [4.78, 5) is 38.9. The summed E-state index contributed by atoms with van der Waals surface area (Å²) in [5.41, 5.74) is -3.68. The Labute approximate surface area is 198 Å². The van der Waals surface area contributed by atoms with E-state index in [1.165, 1.54) is 30.4 Å². The molecule has 14 heteroatoms. The molecule has 0 aliphatic carbocycles. The number of nitrogens with one attached hydrogen (secondary N) is 1. The van der Waals surface area contributed by atoms with Gasteiger partial charge in [0.2, 0.25) is 0 Å². The fourth-order valence-corrected chi connectivity index (χ4v) is 3.91. The van der Waals surface area contributed by atoms with Crippen LogP contribution in [0.3, 0.4) is 0 Å². The number of alkyl halides is 6. The molecule has 0 spiro atoms. The van der Waals surface area contributed by atoms with Crippen molar-refractivity contribution in [3.8, 4) is 10.7 Å². The van der Waals surface area contributed by atoms with Gasteiger partial charge in [0.25, 0.3) is 11.8 Å². The summed E-state index contributed by atoms with van der Waals surface area (Å²) >= 11 is 1.01. The summed E-state index contributed by atoms with van der Waals surface area (Å²) < 4.78 is 78.8. The molecule has 0 fully saturated rings. The van der Waals surface area contributed by atoms with Crippen LogP contribution in [0.15, 0.2) is 36.8 Å². The molecule has 7 nitrogen and oxygen atoms in total. The van der Waals surface area contributed by atoms with Gasteiger partial charge in [-0.1, -0.05) is 0 Å². The first-order valence-corrected chi connectivity index (χ1v) is 10.6. The fraction of sp³-hybridized carbons (Fsp3) is 0.286. The van der Waals surface area contributed by atoms with Crippen molar-refractivity contribution < 1.29 is 35.9 Å². The van der Waals surface area contributed by atoms with Crippen molar-refractivity contribution in [2.45, 2.75) is 25.3 Å². The Balaban J connectivity index is 1.93. The van der Waals surface area contributed by atoms with Crippen molar-refractivity contribution in [3.63, 3.8) is 0 Å². The van der Waals surface area contributed by atoms with Gasteiger partial charge in [-0.05, 0) is 25.1 Å². The molecule has 3 aromatic rings. The van der Waals surface area contributed by atoms with Crippen LogP contribution < -0.4 is 5.32 Å². The standard InChI is InChI=1S/C21H17F6N5O2S/c1-10(15-16(29-5-4-28-15)18-30-9-14(35-18)19(34)32(2)3)31-17(33)11-6-12(20(22,23)24)8-13(7-11)21(25,26)27/h4-10H,1-3H3,(H,31,33)/t10-/m0/s1. The molecule has 2 amide bonds. The van der Waals surface area contributed by atoms with Crippen LogP contribution in [0, 0.1) is 0 Å². The minimum absolute atomic E-state index is 0.0595. The highest BCUT2D eigenvalue weighted by Gasteiger charge is 2.37. The highest BCUT2D eigenvalue weighted by atomic mass is 32.1. The molecule has 186 valence electrons. The van der Waals surface area contributed by atoms with E-state index in [2.05, 4.69) is 20.3 Å². The van der Waals surface area contributed by atoms with Crippen LogP contribution in [0.1, 0.15) is 49.8 Å². The van der Waals surface area contributed by atoms with Crippen LogP contribution in [0.25, 0.3) is 10.7 Å². The molecule has 0 aliphatic rings. The lowest BCUT2D eigenvalue weighted by atomic mass is 10.0. The molecule has 1 atom stereocenters. The Hall–Kier alpha value is -3.55. The molecule has 0 aliphatic heterocycles. The number of thiazole rings is 1. The van der Waals surface area contributed by atoms with Crippen molar-refractivity contribution >= 4 is 23.2 Å². The van der Waals surface area contributed by atoms with E-state index < -0.39 is 41.0 Å². The number of hydrogen-bond acceptors (Lipinski definition) is 6. The van der Waals surface area contributed by atoms with Gasteiger partial charge in [0.05, 0.1) is 29.1 Å². The van der Waals surface area contributed by atoms with Gasteiger partial charge in [-0.15, -0.1) is 11.3 Å². The van der Waals surface area contributed by atoms with Crippen molar-refractivity contribution in [3.05, 3.63) is 64.1 Å². The van der Waals surface area contributed by atoms with Crippen LogP contribution in [0.5, 0.6) is 0 Å². The van der Waals surface area contributed by atoms with Gasteiger partial charge in [0, 0.05) is 32.1 Å². The van der Waals surface area contributed by atoms with E-state index in [0.717, 1.165) is 11.3 Å². The molecular formula is C21H17F6N5O2S. The number of halogens is 6. The Kier molecular flexibility index (Phi) is 7.15.